The van der Waals surface area contributed by atoms with Crippen molar-refractivity contribution in [2.75, 3.05) is 6.61 Å². The van der Waals surface area contributed by atoms with Crippen molar-refractivity contribution >= 4 is 22.8 Å². The van der Waals surface area contributed by atoms with Gasteiger partial charge in [0.15, 0.2) is 5.76 Å². The SMILES string of the molecule is CCCOC(=O)c1cccc(-c2ccc(C(=O)Cl)o2)c1. The lowest BCUT2D eigenvalue weighted by atomic mass is 10.1. The van der Waals surface area contributed by atoms with E-state index in [0.717, 1.165) is 6.42 Å². The van der Waals surface area contributed by atoms with Gasteiger partial charge < -0.3 is 9.15 Å². The molecule has 0 aliphatic carbocycles. The zero-order valence-corrected chi connectivity index (χ0v) is 11.6. The van der Waals surface area contributed by atoms with Gasteiger partial charge in [-0.2, -0.15) is 0 Å². The first-order chi connectivity index (χ1) is 9.61. The van der Waals surface area contributed by atoms with Crippen LogP contribution >= 0.6 is 11.6 Å². The van der Waals surface area contributed by atoms with Crippen molar-refractivity contribution in [1.29, 1.82) is 0 Å². The second kappa shape index (κ2) is 6.39. The Kier molecular flexibility index (Phi) is 4.58. The summed E-state index contributed by atoms with van der Waals surface area (Å²) in [6.07, 6.45) is 0.769. The third kappa shape index (κ3) is 3.27. The van der Waals surface area contributed by atoms with Gasteiger partial charge in [-0.05, 0) is 42.3 Å². The maximum absolute atomic E-state index is 11.8. The minimum absolute atomic E-state index is 0.0700. The van der Waals surface area contributed by atoms with Gasteiger partial charge in [0, 0.05) is 5.56 Å². The molecule has 0 radical (unpaired) electrons. The van der Waals surface area contributed by atoms with E-state index >= 15 is 0 Å². The van der Waals surface area contributed by atoms with Gasteiger partial charge in [0.2, 0.25) is 0 Å². The lowest BCUT2D eigenvalue weighted by Crippen LogP contribution is -2.05. The fourth-order valence-electron chi connectivity index (χ4n) is 1.68. The summed E-state index contributed by atoms with van der Waals surface area (Å²) in [6.45, 7) is 2.31. The zero-order chi connectivity index (χ0) is 14.5. The van der Waals surface area contributed by atoms with E-state index < -0.39 is 5.24 Å². The third-order valence-corrected chi connectivity index (χ3v) is 2.81. The molecule has 20 heavy (non-hydrogen) atoms. The highest BCUT2D eigenvalue weighted by Gasteiger charge is 2.12. The Morgan fingerprint density at radius 1 is 1.25 bits per heavy atom. The predicted molar refractivity (Wildman–Crippen MR) is 74.9 cm³/mol. The standard InChI is InChI=1S/C15H13ClO4/c1-2-8-19-15(18)11-5-3-4-10(9-11)12-6-7-13(20-12)14(16)17/h3-7,9H,2,8H2,1H3. The average Bonchev–Trinajstić information content (AvgIpc) is 2.95. The monoisotopic (exact) mass is 292 g/mol. The van der Waals surface area contributed by atoms with Crippen molar-refractivity contribution in [2.24, 2.45) is 0 Å². The fourth-order valence-corrected chi connectivity index (χ4v) is 1.78. The maximum atomic E-state index is 11.8. The van der Waals surface area contributed by atoms with E-state index in [9.17, 15) is 9.59 Å². The van der Waals surface area contributed by atoms with Crippen LogP contribution in [0.4, 0.5) is 0 Å². The normalized spacial score (nSPS) is 10.3. The number of furan rings is 1. The number of carbonyl (C=O) groups excluding carboxylic acids is 2. The molecule has 1 aromatic carbocycles. The largest absolute Gasteiger partial charge is 0.462 e. The summed E-state index contributed by atoms with van der Waals surface area (Å²) in [4.78, 5) is 22.8. The molecule has 104 valence electrons. The summed E-state index contributed by atoms with van der Waals surface area (Å²) >= 11 is 5.34. The van der Waals surface area contributed by atoms with Crippen LogP contribution in [0.5, 0.6) is 0 Å². The Balaban J connectivity index is 2.24. The second-order valence-corrected chi connectivity index (χ2v) is 4.50. The van der Waals surface area contributed by atoms with Gasteiger partial charge in [-0.3, -0.25) is 4.79 Å². The molecule has 0 bridgehead atoms. The number of rotatable bonds is 5. The molecule has 1 heterocycles. The first-order valence-corrected chi connectivity index (χ1v) is 6.57. The molecule has 0 N–H and O–H groups in total. The van der Waals surface area contributed by atoms with Gasteiger partial charge in [0.05, 0.1) is 12.2 Å². The molecular formula is C15H13ClO4. The summed E-state index contributed by atoms with van der Waals surface area (Å²) in [5.41, 5.74) is 1.12. The molecule has 0 amide bonds. The summed E-state index contributed by atoms with van der Waals surface area (Å²) in [5, 5.41) is -0.658. The number of halogens is 1. The van der Waals surface area contributed by atoms with Crippen LogP contribution in [0.3, 0.4) is 0 Å². The number of esters is 1. The summed E-state index contributed by atoms with van der Waals surface area (Å²) < 4.78 is 10.4. The Morgan fingerprint density at radius 3 is 2.70 bits per heavy atom. The van der Waals surface area contributed by atoms with Crippen LogP contribution < -0.4 is 0 Å². The molecule has 0 saturated carbocycles. The van der Waals surface area contributed by atoms with E-state index in [4.69, 9.17) is 20.8 Å². The first-order valence-electron chi connectivity index (χ1n) is 6.19. The molecular weight excluding hydrogens is 280 g/mol. The number of ether oxygens (including phenoxy) is 1. The molecule has 0 aliphatic heterocycles. The molecule has 0 unspecified atom stereocenters. The molecule has 4 nitrogen and oxygen atoms in total. The van der Waals surface area contributed by atoms with Gasteiger partial charge in [-0.25, -0.2) is 4.79 Å². The Hall–Kier alpha value is -2.07. The Bertz CT molecular complexity index is 630. The predicted octanol–water partition coefficient (Wildman–Crippen LogP) is 3.89. The van der Waals surface area contributed by atoms with E-state index in [1.807, 2.05) is 6.92 Å². The highest BCUT2D eigenvalue weighted by atomic mass is 35.5. The van der Waals surface area contributed by atoms with Crippen LogP contribution in [0.2, 0.25) is 0 Å². The van der Waals surface area contributed by atoms with Crippen molar-refractivity contribution in [3.63, 3.8) is 0 Å². The Labute approximate surface area is 121 Å². The van der Waals surface area contributed by atoms with Crippen LogP contribution in [-0.4, -0.2) is 17.8 Å². The lowest BCUT2D eigenvalue weighted by molar-refractivity contribution is 0.0505. The van der Waals surface area contributed by atoms with Crippen LogP contribution in [0.1, 0.15) is 34.3 Å². The molecule has 2 rings (SSSR count). The van der Waals surface area contributed by atoms with Crippen molar-refractivity contribution in [2.45, 2.75) is 13.3 Å². The smallest absolute Gasteiger partial charge is 0.338 e. The highest BCUT2D eigenvalue weighted by Crippen LogP contribution is 2.24. The zero-order valence-electron chi connectivity index (χ0n) is 10.9. The van der Waals surface area contributed by atoms with Crippen LogP contribution in [-0.2, 0) is 4.74 Å². The van der Waals surface area contributed by atoms with E-state index in [1.165, 1.54) is 6.07 Å². The molecule has 5 heteroatoms. The van der Waals surface area contributed by atoms with Crippen molar-refractivity contribution < 1.29 is 18.7 Å². The van der Waals surface area contributed by atoms with E-state index in [1.54, 1.807) is 30.3 Å². The van der Waals surface area contributed by atoms with Gasteiger partial charge in [-0.1, -0.05) is 19.1 Å². The minimum Gasteiger partial charge on any atom is -0.462 e. The molecule has 0 saturated heterocycles. The molecule has 0 spiro atoms. The lowest BCUT2D eigenvalue weighted by Gasteiger charge is -2.04. The number of hydrogen-bond acceptors (Lipinski definition) is 4. The topological polar surface area (TPSA) is 56.5 Å². The van der Waals surface area contributed by atoms with Crippen molar-refractivity contribution in [1.82, 2.24) is 0 Å². The van der Waals surface area contributed by atoms with Crippen LogP contribution in [0.15, 0.2) is 40.8 Å². The van der Waals surface area contributed by atoms with Crippen molar-refractivity contribution in [3.8, 4) is 11.3 Å². The number of hydrogen-bond donors (Lipinski definition) is 0. The van der Waals surface area contributed by atoms with Crippen LogP contribution in [0, 0.1) is 0 Å². The van der Waals surface area contributed by atoms with Crippen LogP contribution in [0.25, 0.3) is 11.3 Å². The third-order valence-electron chi connectivity index (χ3n) is 2.62. The quantitative estimate of drug-likeness (QED) is 0.619. The fraction of sp³-hybridized carbons (Fsp3) is 0.200. The molecule has 0 aliphatic rings. The van der Waals surface area contributed by atoms with Crippen molar-refractivity contribution in [3.05, 3.63) is 47.7 Å². The molecule has 2 aromatic rings. The maximum Gasteiger partial charge on any atom is 0.338 e. The second-order valence-electron chi connectivity index (χ2n) is 4.15. The van der Waals surface area contributed by atoms with Gasteiger partial charge in [-0.15, -0.1) is 0 Å². The highest BCUT2D eigenvalue weighted by molar-refractivity contribution is 6.67. The first kappa shape index (κ1) is 14.3. The number of carbonyl (C=O) groups is 2. The van der Waals surface area contributed by atoms with E-state index in [2.05, 4.69) is 0 Å². The molecule has 0 atom stereocenters. The minimum atomic E-state index is -0.658. The number of benzene rings is 1. The van der Waals surface area contributed by atoms with Gasteiger partial charge >= 0.3 is 5.97 Å². The summed E-state index contributed by atoms with van der Waals surface area (Å²) in [6, 6.07) is 9.94. The average molecular weight is 293 g/mol. The van der Waals surface area contributed by atoms with E-state index in [-0.39, 0.29) is 11.7 Å². The molecule has 0 fully saturated rings. The summed E-state index contributed by atoms with van der Waals surface area (Å²) in [5.74, 6) is 0.161. The van der Waals surface area contributed by atoms with Gasteiger partial charge in [0.1, 0.15) is 5.76 Å². The van der Waals surface area contributed by atoms with E-state index in [0.29, 0.717) is 23.5 Å². The van der Waals surface area contributed by atoms with Gasteiger partial charge in [0.25, 0.3) is 5.24 Å². The molecule has 1 aromatic heterocycles. The Morgan fingerprint density at radius 2 is 2.05 bits per heavy atom. The summed E-state index contributed by atoms with van der Waals surface area (Å²) in [7, 11) is 0.